The van der Waals surface area contributed by atoms with Gasteiger partial charge in [-0.2, -0.15) is 0 Å². The molecule has 0 aliphatic carbocycles. The molecular weight excluding hydrogens is 354 g/mol. The average Bonchev–Trinajstić information content (AvgIpc) is 2.17. The zero-order valence-corrected chi connectivity index (χ0v) is 22.8. The second kappa shape index (κ2) is 6.57. The number of hydrogen-bond donors (Lipinski definition) is 0. The van der Waals surface area contributed by atoms with Crippen LogP contribution >= 0.6 is 0 Å². The molecule has 0 aromatic carbocycles. The largest absolute Gasteiger partial charge is 1.00 e. The molecule has 0 aromatic rings. The van der Waals surface area contributed by atoms with Crippen LogP contribution in [0.5, 0.6) is 0 Å². The van der Waals surface area contributed by atoms with Crippen LogP contribution in [-0.4, -0.2) is 29.3 Å². The summed E-state index contributed by atoms with van der Waals surface area (Å²) >= 11 is 0. The van der Waals surface area contributed by atoms with Gasteiger partial charge in [-0.1, -0.05) is 96.2 Å². The minimum Gasteiger partial charge on any atom is -0.615 e. The van der Waals surface area contributed by atoms with Gasteiger partial charge in [0.2, 0.25) is 8.73 Å². The first kappa shape index (κ1) is 26.1. The molecular formula is C18H42FLiN2Si3. The summed E-state index contributed by atoms with van der Waals surface area (Å²) in [6, 6.07) is 0. The van der Waals surface area contributed by atoms with Crippen molar-refractivity contribution in [1.29, 1.82) is 0 Å². The fourth-order valence-corrected chi connectivity index (χ4v) is 32.2. The molecule has 1 fully saturated rings. The van der Waals surface area contributed by atoms with Crippen LogP contribution in [-0.2, 0) is 0 Å². The van der Waals surface area contributed by atoms with Crippen molar-refractivity contribution in [2.24, 2.45) is 0 Å². The van der Waals surface area contributed by atoms with Gasteiger partial charge < -0.3 is 12.7 Å². The summed E-state index contributed by atoms with van der Waals surface area (Å²) in [5.74, 6) is 0. The third kappa shape index (κ3) is 3.59. The molecule has 0 saturated carbocycles. The van der Waals surface area contributed by atoms with Gasteiger partial charge in [-0.05, 0) is 20.2 Å². The van der Waals surface area contributed by atoms with E-state index in [1.807, 2.05) is 0 Å². The Kier molecular flexibility index (Phi) is 6.86. The maximum atomic E-state index is 16.6. The predicted molar refractivity (Wildman–Crippen MR) is 114 cm³/mol. The second-order valence-corrected chi connectivity index (χ2v) is 27.5. The molecule has 0 radical (unpaired) electrons. The molecule has 1 saturated heterocycles. The van der Waals surface area contributed by atoms with Gasteiger partial charge in [0.25, 0.3) is 0 Å². The zero-order chi connectivity index (χ0) is 19.8. The molecule has 0 amide bonds. The second-order valence-electron chi connectivity index (χ2n) is 12.3. The normalized spacial score (nSPS) is 26.0. The Morgan fingerprint density at radius 3 is 1.24 bits per heavy atom. The molecule has 25 heavy (non-hydrogen) atoms. The van der Waals surface area contributed by atoms with Gasteiger partial charge in [0.05, 0.1) is 0 Å². The van der Waals surface area contributed by atoms with Crippen molar-refractivity contribution in [3.05, 3.63) is 4.65 Å². The van der Waals surface area contributed by atoms with E-state index in [1.54, 1.807) is 0 Å². The Morgan fingerprint density at radius 1 is 0.720 bits per heavy atom. The molecule has 7 heteroatoms. The van der Waals surface area contributed by atoms with Crippen molar-refractivity contribution < 1.29 is 23.0 Å². The number of hydrogen-bond acceptors (Lipinski definition) is 1. The van der Waals surface area contributed by atoms with Gasteiger partial charge in [0.1, 0.15) is 8.24 Å². The monoisotopic (exact) mass is 396 g/mol. The van der Waals surface area contributed by atoms with E-state index in [0.29, 0.717) is 0 Å². The Bertz CT molecular complexity index is 463. The molecule has 144 valence electrons. The summed E-state index contributed by atoms with van der Waals surface area (Å²) in [5, 5.41) is -0.216. The van der Waals surface area contributed by atoms with E-state index < -0.39 is 25.4 Å². The van der Waals surface area contributed by atoms with Gasteiger partial charge in [-0.15, -0.1) is 0 Å². The standard InChI is InChI=1S/C18H42FN2Si3.Li/c1-15(2,3)22(13,14)21-23(16(4,5)6,17(7,8)9)20-24(21,19)18(10,11)12;/h1-14H3;/q-1;+1. The first-order chi connectivity index (χ1) is 10.1. The maximum absolute atomic E-state index is 16.6. The van der Waals surface area contributed by atoms with Crippen LogP contribution < -0.4 is 18.9 Å². The Hall–Kier alpha value is 1.10. The predicted octanol–water partition coefficient (Wildman–Crippen LogP) is 4.44. The van der Waals surface area contributed by atoms with Gasteiger partial charge in [0, 0.05) is 8.40 Å². The van der Waals surface area contributed by atoms with Crippen LogP contribution in [0.15, 0.2) is 0 Å². The third-order valence-corrected chi connectivity index (χ3v) is 28.0. The van der Waals surface area contributed by atoms with Crippen molar-refractivity contribution in [1.82, 2.24) is 3.90 Å². The molecule has 1 aliphatic rings. The molecule has 1 aliphatic heterocycles. The Labute approximate surface area is 172 Å². The van der Waals surface area contributed by atoms with E-state index in [4.69, 9.17) is 4.65 Å². The molecule has 2 nitrogen and oxygen atoms in total. The van der Waals surface area contributed by atoms with E-state index in [9.17, 15) is 0 Å². The van der Waals surface area contributed by atoms with Crippen molar-refractivity contribution in [3.63, 3.8) is 0 Å². The molecule has 0 N–H and O–H groups in total. The van der Waals surface area contributed by atoms with Crippen molar-refractivity contribution >= 4 is 25.4 Å². The molecule has 1 atom stereocenters. The summed E-state index contributed by atoms with van der Waals surface area (Å²) in [4.78, 5) is 0. The van der Waals surface area contributed by atoms with Crippen molar-refractivity contribution in [3.8, 4) is 0 Å². The molecule has 1 heterocycles. The van der Waals surface area contributed by atoms with E-state index in [-0.39, 0.29) is 39.0 Å². The summed E-state index contributed by atoms with van der Waals surface area (Å²) in [6.45, 7) is 31.6. The smallest absolute Gasteiger partial charge is 0.615 e. The molecule has 0 spiro atoms. The Morgan fingerprint density at radius 2 is 1.04 bits per heavy atom. The number of rotatable bonds is 1. The SMILES string of the molecule is CC(C)(C)[Si](C)(C)N1[Si](F)(C(C)(C)C)[N-][Si]1(C(C)(C)C)C(C)(C)C.[Li+]. The van der Waals surface area contributed by atoms with Gasteiger partial charge in [0.15, 0.2) is 0 Å². The van der Waals surface area contributed by atoms with Crippen LogP contribution in [0.1, 0.15) is 83.1 Å². The first-order valence-corrected chi connectivity index (χ1v) is 15.9. The van der Waals surface area contributed by atoms with Gasteiger partial charge in [-0.3, -0.25) is 0 Å². The summed E-state index contributed by atoms with van der Waals surface area (Å²) < 4.78 is 24.4. The minimum atomic E-state index is -3.35. The molecule has 0 bridgehead atoms. The van der Waals surface area contributed by atoms with Crippen molar-refractivity contribution in [2.75, 3.05) is 0 Å². The summed E-state index contributed by atoms with van der Waals surface area (Å²) in [7, 11) is -7.74. The van der Waals surface area contributed by atoms with E-state index in [0.717, 1.165) is 0 Å². The van der Waals surface area contributed by atoms with Crippen LogP contribution in [0.3, 0.4) is 0 Å². The minimum absolute atomic E-state index is 0. The fourth-order valence-electron chi connectivity index (χ4n) is 4.23. The van der Waals surface area contributed by atoms with E-state index in [2.05, 4.69) is 100 Å². The molecule has 0 aromatic heterocycles. The molecule has 1 unspecified atom stereocenters. The maximum Gasteiger partial charge on any atom is 1.00 e. The number of halogens is 1. The topological polar surface area (TPSA) is 17.3 Å². The first-order valence-electron chi connectivity index (χ1n) is 9.31. The van der Waals surface area contributed by atoms with Crippen LogP contribution in [0.25, 0.3) is 4.65 Å². The van der Waals surface area contributed by atoms with E-state index in [1.165, 1.54) is 0 Å². The average molecular weight is 397 g/mol. The fraction of sp³-hybridized carbons (Fsp3) is 1.00. The van der Waals surface area contributed by atoms with Gasteiger partial charge in [-0.25, -0.2) is 0 Å². The van der Waals surface area contributed by atoms with Crippen LogP contribution in [0, 0.1) is 0 Å². The summed E-state index contributed by atoms with van der Waals surface area (Å²) in [6.07, 6.45) is 0. The summed E-state index contributed by atoms with van der Waals surface area (Å²) in [5.41, 5.74) is 0. The third-order valence-electron chi connectivity index (χ3n) is 6.37. The molecule has 1 rings (SSSR count). The number of nitrogens with zero attached hydrogens (tertiary/aromatic N) is 2. The van der Waals surface area contributed by atoms with Gasteiger partial charge >= 0.3 is 18.9 Å². The Balaban J connectivity index is 0.00000576. The van der Waals surface area contributed by atoms with Crippen LogP contribution in [0.2, 0.25) is 33.2 Å². The van der Waals surface area contributed by atoms with Crippen molar-refractivity contribution in [2.45, 2.75) is 116 Å². The quantitative estimate of drug-likeness (QED) is 0.473. The van der Waals surface area contributed by atoms with E-state index >= 15 is 4.11 Å². The zero-order valence-electron chi connectivity index (χ0n) is 19.8. The van der Waals surface area contributed by atoms with Crippen LogP contribution in [0.4, 0.5) is 4.11 Å².